The first-order chi connectivity index (χ1) is 19.1. The molecule has 0 amide bonds. The van der Waals surface area contributed by atoms with Gasteiger partial charge >= 0.3 is 5.97 Å². The minimum absolute atomic E-state index is 0. The summed E-state index contributed by atoms with van der Waals surface area (Å²) in [6.45, 7) is 2.66. The van der Waals surface area contributed by atoms with Gasteiger partial charge in [0.2, 0.25) is 0 Å². The van der Waals surface area contributed by atoms with E-state index < -0.39 is 5.97 Å². The number of methoxy groups -OCH3 is 1. The van der Waals surface area contributed by atoms with Crippen LogP contribution in [0.2, 0.25) is 0 Å². The molecule has 40 heavy (non-hydrogen) atoms. The molecular formula is C34H41NO4S. The van der Waals surface area contributed by atoms with Crippen molar-refractivity contribution in [3.63, 3.8) is 0 Å². The number of ether oxygens (including phenoxy) is 2. The molecule has 6 rings (SSSR count). The number of rotatable bonds is 11. The van der Waals surface area contributed by atoms with Crippen LogP contribution in [0, 0.1) is 11.8 Å². The third-order valence-corrected chi connectivity index (χ3v) is 8.79. The molecule has 1 aliphatic heterocycles. The Hall–Kier alpha value is -3.12. The van der Waals surface area contributed by atoms with Gasteiger partial charge in [0.05, 0.1) is 20.1 Å². The maximum atomic E-state index is 11.4. The lowest BCUT2D eigenvalue weighted by molar-refractivity contribution is -0.137. The molecule has 3 fully saturated rings. The Morgan fingerprint density at radius 3 is 2.33 bits per heavy atom. The minimum Gasteiger partial charge on any atom is -0.497 e. The van der Waals surface area contributed by atoms with Gasteiger partial charge in [-0.3, -0.25) is 4.79 Å². The van der Waals surface area contributed by atoms with Crippen molar-refractivity contribution in [2.45, 2.75) is 56.8 Å². The van der Waals surface area contributed by atoms with Gasteiger partial charge in [-0.15, -0.1) is 0 Å². The molecule has 6 heteroatoms. The molecule has 212 valence electrons. The summed E-state index contributed by atoms with van der Waals surface area (Å²) in [6, 6.07) is 23.7. The smallest absolute Gasteiger partial charge is 0.303 e. The Bertz CT molecular complexity index is 1290. The first-order valence-electron chi connectivity index (χ1n) is 14.5. The number of carboxylic acids is 1. The van der Waals surface area contributed by atoms with Gasteiger partial charge in [0, 0.05) is 30.4 Å². The quantitative estimate of drug-likeness (QED) is 0.262. The number of hydrogen-bond acceptors (Lipinski definition) is 4. The van der Waals surface area contributed by atoms with E-state index in [4.69, 9.17) is 9.47 Å². The zero-order valence-electron chi connectivity index (χ0n) is 23.4. The topological polar surface area (TPSA) is 59.0 Å². The number of hydrogen-bond donors (Lipinski definition) is 1. The molecule has 3 aromatic rings. The van der Waals surface area contributed by atoms with Crippen LogP contribution >= 0.6 is 13.5 Å². The van der Waals surface area contributed by atoms with Gasteiger partial charge in [-0.05, 0) is 103 Å². The van der Waals surface area contributed by atoms with Crippen molar-refractivity contribution < 1.29 is 19.4 Å². The van der Waals surface area contributed by atoms with E-state index in [0.29, 0.717) is 18.4 Å². The SMILES string of the molecule is COc1ccc(-c2ccc(C3CC3)cc2)c(N2CCC(COc3cccc([C@@H](CC(=O)O)C4CC4)c3)CC2)c1.S. The van der Waals surface area contributed by atoms with Gasteiger partial charge in [0.15, 0.2) is 0 Å². The summed E-state index contributed by atoms with van der Waals surface area (Å²) >= 11 is 0. The van der Waals surface area contributed by atoms with Crippen molar-refractivity contribution in [2.24, 2.45) is 11.8 Å². The van der Waals surface area contributed by atoms with Gasteiger partial charge < -0.3 is 19.5 Å². The summed E-state index contributed by atoms with van der Waals surface area (Å²) in [5.74, 6) is 2.88. The number of carboxylic acid groups (broad SMARTS) is 1. The first kappa shape index (κ1) is 28.4. The second kappa shape index (κ2) is 12.6. The molecular weight excluding hydrogens is 518 g/mol. The Kier molecular flexibility index (Phi) is 8.94. The van der Waals surface area contributed by atoms with E-state index in [0.717, 1.165) is 61.8 Å². The molecule has 0 radical (unpaired) electrons. The Labute approximate surface area is 245 Å². The zero-order chi connectivity index (χ0) is 26.8. The lowest BCUT2D eigenvalue weighted by Gasteiger charge is -2.35. The maximum Gasteiger partial charge on any atom is 0.303 e. The minimum atomic E-state index is -0.723. The zero-order valence-corrected chi connectivity index (χ0v) is 24.4. The molecule has 3 aromatic carbocycles. The van der Waals surface area contributed by atoms with E-state index in [-0.39, 0.29) is 25.8 Å². The summed E-state index contributed by atoms with van der Waals surface area (Å²) in [7, 11) is 1.73. The second-order valence-electron chi connectivity index (χ2n) is 11.6. The average molecular weight is 560 g/mol. The fourth-order valence-corrected chi connectivity index (χ4v) is 6.13. The molecule has 1 N–H and O–H groups in total. The highest BCUT2D eigenvalue weighted by atomic mass is 32.1. The van der Waals surface area contributed by atoms with Crippen molar-refractivity contribution in [3.8, 4) is 22.6 Å². The van der Waals surface area contributed by atoms with Gasteiger partial charge in [0.25, 0.3) is 0 Å². The van der Waals surface area contributed by atoms with Gasteiger partial charge in [-0.1, -0.05) is 36.4 Å². The van der Waals surface area contributed by atoms with Crippen molar-refractivity contribution >= 4 is 25.2 Å². The van der Waals surface area contributed by atoms with Crippen molar-refractivity contribution in [1.82, 2.24) is 0 Å². The normalized spacial score (nSPS) is 18.1. The molecule has 1 atom stereocenters. The van der Waals surface area contributed by atoms with Crippen molar-refractivity contribution in [1.29, 1.82) is 0 Å². The van der Waals surface area contributed by atoms with Gasteiger partial charge in [-0.2, -0.15) is 13.5 Å². The number of anilines is 1. The van der Waals surface area contributed by atoms with Crippen LogP contribution in [0.15, 0.2) is 66.7 Å². The molecule has 0 spiro atoms. The van der Waals surface area contributed by atoms with Crippen molar-refractivity contribution in [3.05, 3.63) is 77.9 Å². The Morgan fingerprint density at radius 1 is 0.925 bits per heavy atom. The second-order valence-corrected chi connectivity index (χ2v) is 11.6. The lowest BCUT2D eigenvalue weighted by Crippen LogP contribution is -2.35. The van der Waals surface area contributed by atoms with Crippen LogP contribution < -0.4 is 14.4 Å². The molecule has 0 bridgehead atoms. The molecule has 3 aliphatic rings. The largest absolute Gasteiger partial charge is 0.497 e. The Balaban J connectivity index is 0.00000323. The van der Waals surface area contributed by atoms with E-state index in [1.54, 1.807) is 7.11 Å². The van der Waals surface area contributed by atoms with Crippen LogP contribution in [0.4, 0.5) is 5.69 Å². The molecule has 2 aliphatic carbocycles. The summed E-state index contributed by atoms with van der Waals surface area (Å²) in [4.78, 5) is 13.9. The van der Waals surface area contributed by atoms with Crippen LogP contribution in [0.25, 0.3) is 11.1 Å². The van der Waals surface area contributed by atoms with Gasteiger partial charge in [0.1, 0.15) is 11.5 Å². The lowest BCUT2D eigenvalue weighted by atomic mass is 9.91. The molecule has 0 unspecified atom stereocenters. The third kappa shape index (κ3) is 6.77. The van der Waals surface area contributed by atoms with Crippen LogP contribution in [-0.4, -0.2) is 37.9 Å². The first-order valence-corrected chi connectivity index (χ1v) is 14.5. The van der Waals surface area contributed by atoms with E-state index in [1.807, 2.05) is 12.1 Å². The van der Waals surface area contributed by atoms with E-state index in [2.05, 4.69) is 59.5 Å². The highest BCUT2D eigenvalue weighted by Crippen LogP contribution is 2.45. The summed E-state index contributed by atoms with van der Waals surface area (Å²) in [6.07, 6.45) is 7.24. The van der Waals surface area contributed by atoms with Crippen LogP contribution in [0.3, 0.4) is 0 Å². The predicted molar refractivity (Wildman–Crippen MR) is 165 cm³/mol. The van der Waals surface area contributed by atoms with Gasteiger partial charge in [-0.25, -0.2) is 0 Å². The molecule has 1 saturated heterocycles. The fourth-order valence-electron chi connectivity index (χ4n) is 6.13. The molecule has 1 heterocycles. The highest BCUT2D eigenvalue weighted by Gasteiger charge is 2.34. The van der Waals surface area contributed by atoms with Crippen LogP contribution in [0.1, 0.15) is 67.9 Å². The van der Waals surface area contributed by atoms with Crippen LogP contribution in [-0.2, 0) is 4.79 Å². The monoisotopic (exact) mass is 559 g/mol. The van der Waals surface area contributed by atoms with E-state index in [9.17, 15) is 9.90 Å². The highest BCUT2D eigenvalue weighted by molar-refractivity contribution is 7.59. The number of carbonyl (C=O) groups is 1. The third-order valence-electron chi connectivity index (χ3n) is 8.79. The number of piperidine rings is 1. The molecule has 2 saturated carbocycles. The average Bonchev–Trinajstić information content (AvgIpc) is 3.89. The number of nitrogens with zero attached hydrogens (tertiary/aromatic N) is 1. The molecule has 5 nitrogen and oxygen atoms in total. The van der Waals surface area contributed by atoms with E-state index in [1.165, 1.54) is 35.2 Å². The summed E-state index contributed by atoms with van der Waals surface area (Å²) in [5, 5.41) is 9.37. The predicted octanol–water partition coefficient (Wildman–Crippen LogP) is 7.62. The standard InChI is InChI=1S/C34H39NO4.H2S/c1-38-29-13-14-31(26-9-7-25(8-10-26)24-5-6-24)33(20-29)35-17-15-23(16-18-35)22-39-30-4-2-3-28(19-30)32(21-34(36)37)27-11-12-27;/h2-4,7-10,13-14,19-20,23-24,27,32H,5-6,11-12,15-18,21-22H2,1H3,(H,36,37);1H2/t32-;/m0./s1. The summed E-state index contributed by atoms with van der Waals surface area (Å²) < 4.78 is 11.9. The summed E-state index contributed by atoms with van der Waals surface area (Å²) in [5.41, 5.74) is 6.32. The maximum absolute atomic E-state index is 11.4. The van der Waals surface area contributed by atoms with Crippen molar-refractivity contribution in [2.75, 3.05) is 31.7 Å². The fraction of sp³-hybridized carbons (Fsp3) is 0.441. The number of aliphatic carboxylic acids is 1. The number of benzene rings is 3. The molecule has 0 aromatic heterocycles. The Morgan fingerprint density at radius 2 is 1.68 bits per heavy atom. The van der Waals surface area contributed by atoms with E-state index >= 15 is 0 Å². The van der Waals surface area contributed by atoms with Crippen LogP contribution in [0.5, 0.6) is 11.5 Å².